The number of carbonyl (C=O) groups is 2. The van der Waals surface area contributed by atoms with E-state index in [0.717, 1.165) is 5.56 Å². The molecule has 2 unspecified atom stereocenters. The standard InChI is InChI=1S/C15H18N2O2/c1-3-4-10-17-13(12-8-6-5-7-9-12)14(18)16-11(2)15(17)19/h3-9,11,13H,10H2,1-2H3,(H,16,18)/b4-3+. The third kappa shape index (κ3) is 2.67. The molecule has 1 aliphatic heterocycles. The van der Waals surface area contributed by atoms with Gasteiger partial charge in [0.05, 0.1) is 0 Å². The monoisotopic (exact) mass is 258 g/mol. The molecule has 4 heteroatoms. The third-order valence-corrected chi connectivity index (χ3v) is 3.23. The molecule has 1 saturated heterocycles. The molecule has 0 radical (unpaired) electrons. The Kier molecular flexibility index (Phi) is 4.00. The Hall–Kier alpha value is -2.10. The number of nitrogens with zero attached hydrogens (tertiary/aromatic N) is 1. The van der Waals surface area contributed by atoms with E-state index in [1.807, 2.05) is 49.4 Å². The zero-order valence-electron chi connectivity index (χ0n) is 11.2. The molecule has 100 valence electrons. The Labute approximate surface area is 113 Å². The quantitative estimate of drug-likeness (QED) is 0.838. The van der Waals surface area contributed by atoms with E-state index >= 15 is 0 Å². The number of hydrogen-bond donors (Lipinski definition) is 1. The predicted molar refractivity (Wildman–Crippen MR) is 73.3 cm³/mol. The lowest BCUT2D eigenvalue weighted by Gasteiger charge is -2.37. The molecule has 2 rings (SSSR count). The van der Waals surface area contributed by atoms with E-state index in [1.165, 1.54) is 0 Å². The first-order chi connectivity index (χ1) is 9.15. The molecule has 1 heterocycles. The lowest BCUT2D eigenvalue weighted by Crippen LogP contribution is -2.58. The van der Waals surface area contributed by atoms with Crippen LogP contribution in [0.1, 0.15) is 25.5 Å². The minimum absolute atomic E-state index is 0.0495. The van der Waals surface area contributed by atoms with Crippen molar-refractivity contribution in [2.75, 3.05) is 6.54 Å². The van der Waals surface area contributed by atoms with Gasteiger partial charge in [0.2, 0.25) is 11.8 Å². The lowest BCUT2D eigenvalue weighted by atomic mass is 10.00. The van der Waals surface area contributed by atoms with Crippen LogP contribution in [0.5, 0.6) is 0 Å². The molecule has 0 bridgehead atoms. The number of rotatable bonds is 3. The summed E-state index contributed by atoms with van der Waals surface area (Å²) >= 11 is 0. The second-order valence-electron chi connectivity index (χ2n) is 4.60. The van der Waals surface area contributed by atoms with E-state index in [-0.39, 0.29) is 11.8 Å². The summed E-state index contributed by atoms with van der Waals surface area (Å²) in [5, 5.41) is 2.73. The van der Waals surface area contributed by atoms with E-state index in [4.69, 9.17) is 0 Å². The van der Waals surface area contributed by atoms with Gasteiger partial charge in [-0.2, -0.15) is 0 Å². The highest BCUT2D eigenvalue weighted by Gasteiger charge is 2.38. The van der Waals surface area contributed by atoms with Gasteiger partial charge in [-0.1, -0.05) is 42.5 Å². The van der Waals surface area contributed by atoms with Crippen molar-refractivity contribution in [2.45, 2.75) is 25.9 Å². The van der Waals surface area contributed by atoms with Gasteiger partial charge in [0.1, 0.15) is 12.1 Å². The zero-order chi connectivity index (χ0) is 13.8. The number of amides is 2. The maximum atomic E-state index is 12.2. The SMILES string of the molecule is C/C=C/CN1C(=O)C(C)NC(=O)C1c1ccccc1. The van der Waals surface area contributed by atoms with Crippen LogP contribution in [0.15, 0.2) is 42.5 Å². The second kappa shape index (κ2) is 5.69. The normalized spacial score (nSPS) is 23.8. The van der Waals surface area contributed by atoms with Crippen molar-refractivity contribution >= 4 is 11.8 Å². The average Bonchev–Trinajstić information content (AvgIpc) is 2.42. The van der Waals surface area contributed by atoms with Crippen molar-refractivity contribution in [1.29, 1.82) is 0 Å². The van der Waals surface area contributed by atoms with E-state index in [9.17, 15) is 9.59 Å². The van der Waals surface area contributed by atoms with Crippen LogP contribution in [0.2, 0.25) is 0 Å². The highest BCUT2D eigenvalue weighted by atomic mass is 16.2. The van der Waals surface area contributed by atoms with Crippen molar-refractivity contribution in [3.63, 3.8) is 0 Å². The number of piperazine rings is 1. The van der Waals surface area contributed by atoms with Gasteiger partial charge in [-0.05, 0) is 19.4 Å². The van der Waals surface area contributed by atoms with Crippen molar-refractivity contribution in [2.24, 2.45) is 0 Å². The topological polar surface area (TPSA) is 49.4 Å². The summed E-state index contributed by atoms with van der Waals surface area (Å²) in [6.07, 6.45) is 3.77. The zero-order valence-corrected chi connectivity index (χ0v) is 11.2. The fraction of sp³-hybridized carbons (Fsp3) is 0.333. The van der Waals surface area contributed by atoms with E-state index in [0.29, 0.717) is 6.54 Å². The summed E-state index contributed by atoms with van der Waals surface area (Å²) in [5.74, 6) is -0.172. The minimum Gasteiger partial charge on any atom is -0.342 e. The highest BCUT2D eigenvalue weighted by Crippen LogP contribution is 2.25. The van der Waals surface area contributed by atoms with Crippen LogP contribution >= 0.6 is 0 Å². The summed E-state index contributed by atoms with van der Waals surface area (Å²) in [7, 11) is 0. The number of carbonyl (C=O) groups excluding carboxylic acids is 2. The first-order valence-electron chi connectivity index (χ1n) is 6.42. The Balaban J connectivity index is 2.35. The van der Waals surface area contributed by atoms with Crippen molar-refractivity contribution in [1.82, 2.24) is 10.2 Å². The summed E-state index contributed by atoms with van der Waals surface area (Å²) in [5.41, 5.74) is 0.838. The third-order valence-electron chi connectivity index (χ3n) is 3.23. The minimum atomic E-state index is -0.541. The van der Waals surface area contributed by atoms with E-state index in [1.54, 1.807) is 11.8 Å². The van der Waals surface area contributed by atoms with Crippen LogP contribution < -0.4 is 5.32 Å². The molecule has 0 saturated carbocycles. The molecule has 1 aromatic carbocycles. The Bertz CT molecular complexity index is 496. The van der Waals surface area contributed by atoms with Crippen molar-refractivity contribution < 1.29 is 9.59 Å². The predicted octanol–water partition coefficient (Wildman–Crippen LogP) is 1.65. The second-order valence-corrected chi connectivity index (χ2v) is 4.60. The van der Waals surface area contributed by atoms with Crippen molar-refractivity contribution in [3.8, 4) is 0 Å². The molecule has 19 heavy (non-hydrogen) atoms. The molecule has 2 atom stereocenters. The highest BCUT2D eigenvalue weighted by molar-refractivity contribution is 5.97. The molecule has 0 aromatic heterocycles. The molecule has 4 nitrogen and oxygen atoms in total. The molecule has 1 aromatic rings. The van der Waals surface area contributed by atoms with Gasteiger partial charge in [-0.15, -0.1) is 0 Å². The fourth-order valence-electron chi connectivity index (χ4n) is 2.25. The van der Waals surface area contributed by atoms with Gasteiger partial charge in [0, 0.05) is 6.54 Å². The fourth-order valence-corrected chi connectivity index (χ4v) is 2.25. The van der Waals surface area contributed by atoms with Crippen LogP contribution in [0.3, 0.4) is 0 Å². The first kappa shape index (κ1) is 13.3. The molecule has 0 aliphatic carbocycles. The van der Waals surface area contributed by atoms with Crippen LogP contribution in [0, 0.1) is 0 Å². The van der Waals surface area contributed by atoms with Gasteiger partial charge < -0.3 is 10.2 Å². The lowest BCUT2D eigenvalue weighted by molar-refractivity contribution is -0.148. The maximum absolute atomic E-state index is 12.2. The summed E-state index contributed by atoms with van der Waals surface area (Å²) < 4.78 is 0. The van der Waals surface area contributed by atoms with Gasteiger partial charge in [-0.25, -0.2) is 0 Å². The summed E-state index contributed by atoms with van der Waals surface area (Å²) in [6, 6.07) is 8.38. The van der Waals surface area contributed by atoms with Crippen LogP contribution in [-0.2, 0) is 9.59 Å². The van der Waals surface area contributed by atoms with Crippen LogP contribution in [0.25, 0.3) is 0 Å². The summed E-state index contributed by atoms with van der Waals surface area (Å²) in [4.78, 5) is 26.1. The molecule has 1 fully saturated rings. The van der Waals surface area contributed by atoms with Gasteiger partial charge >= 0.3 is 0 Å². The smallest absolute Gasteiger partial charge is 0.248 e. The van der Waals surface area contributed by atoms with Gasteiger partial charge in [-0.3, -0.25) is 9.59 Å². The number of hydrogen-bond acceptors (Lipinski definition) is 2. The molecule has 2 amide bonds. The average molecular weight is 258 g/mol. The number of benzene rings is 1. The Morgan fingerprint density at radius 3 is 2.58 bits per heavy atom. The first-order valence-corrected chi connectivity index (χ1v) is 6.42. The number of allylic oxidation sites excluding steroid dienone is 1. The van der Waals surface area contributed by atoms with E-state index < -0.39 is 12.1 Å². The largest absolute Gasteiger partial charge is 0.342 e. The number of nitrogens with one attached hydrogen (secondary N) is 1. The van der Waals surface area contributed by atoms with Crippen LogP contribution in [0.4, 0.5) is 0 Å². The van der Waals surface area contributed by atoms with Crippen LogP contribution in [-0.4, -0.2) is 29.3 Å². The Morgan fingerprint density at radius 1 is 1.26 bits per heavy atom. The molecular formula is C15H18N2O2. The molecule has 1 N–H and O–H groups in total. The van der Waals surface area contributed by atoms with E-state index in [2.05, 4.69) is 5.32 Å². The van der Waals surface area contributed by atoms with Gasteiger partial charge in [0.25, 0.3) is 0 Å². The van der Waals surface area contributed by atoms with Crippen molar-refractivity contribution in [3.05, 3.63) is 48.0 Å². The Morgan fingerprint density at radius 2 is 1.95 bits per heavy atom. The molecule has 1 aliphatic rings. The molecular weight excluding hydrogens is 240 g/mol. The summed E-state index contributed by atoms with van der Waals surface area (Å²) in [6.45, 7) is 4.06. The molecule has 0 spiro atoms. The maximum Gasteiger partial charge on any atom is 0.248 e. The van der Waals surface area contributed by atoms with Gasteiger partial charge in [0.15, 0.2) is 0 Å².